The SMILES string of the molecule is O=C1N(c2ccccc2)N(c2ccccc2)C(=O)C1(O)N1CCOCC1. The van der Waals surface area contributed by atoms with E-state index >= 15 is 0 Å². The van der Waals surface area contributed by atoms with Crippen LogP contribution in [0.2, 0.25) is 0 Å². The number of hydrogen-bond acceptors (Lipinski definition) is 5. The van der Waals surface area contributed by atoms with Crippen molar-refractivity contribution in [3.8, 4) is 0 Å². The van der Waals surface area contributed by atoms with Crippen molar-refractivity contribution in [3.63, 3.8) is 0 Å². The molecule has 0 atom stereocenters. The Bertz CT molecular complexity index is 749. The van der Waals surface area contributed by atoms with Crippen molar-refractivity contribution in [2.45, 2.75) is 5.72 Å². The van der Waals surface area contributed by atoms with Crippen LogP contribution in [0.15, 0.2) is 60.7 Å². The van der Waals surface area contributed by atoms with Gasteiger partial charge in [-0.15, -0.1) is 0 Å². The summed E-state index contributed by atoms with van der Waals surface area (Å²) in [5.41, 5.74) is -1.21. The number of aliphatic hydroxyl groups is 1. The molecule has 26 heavy (non-hydrogen) atoms. The second-order valence-corrected chi connectivity index (χ2v) is 6.18. The van der Waals surface area contributed by atoms with Crippen LogP contribution < -0.4 is 10.0 Å². The van der Waals surface area contributed by atoms with Crippen molar-refractivity contribution in [2.24, 2.45) is 0 Å². The number of carbonyl (C=O) groups excluding carboxylic acids is 2. The van der Waals surface area contributed by atoms with Gasteiger partial charge in [0.05, 0.1) is 24.6 Å². The van der Waals surface area contributed by atoms with E-state index in [0.717, 1.165) is 0 Å². The summed E-state index contributed by atoms with van der Waals surface area (Å²) >= 11 is 0. The van der Waals surface area contributed by atoms with Crippen LogP contribution >= 0.6 is 0 Å². The molecule has 2 fully saturated rings. The summed E-state index contributed by atoms with van der Waals surface area (Å²) in [5, 5.41) is 13.7. The first-order valence-electron chi connectivity index (χ1n) is 8.48. The van der Waals surface area contributed by atoms with Gasteiger partial charge in [-0.1, -0.05) is 36.4 Å². The molecule has 134 valence electrons. The first-order valence-corrected chi connectivity index (χ1v) is 8.48. The third-order valence-corrected chi connectivity index (χ3v) is 4.65. The molecule has 4 rings (SSSR count). The average molecular weight is 353 g/mol. The fraction of sp³-hybridized carbons (Fsp3) is 0.263. The molecule has 2 aromatic carbocycles. The second kappa shape index (κ2) is 6.53. The molecule has 2 aliphatic heterocycles. The van der Waals surface area contributed by atoms with Crippen LogP contribution in [0, 0.1) is 0 Å². The third kappa shape index (κ3) is 2.48. The highest BCUT2D eigenvalue weighted by Gasteiger charge is 2.62. The van der Waals surface area contributed by atoms with Crippen LogP contribution in [0.25, 0.3) is 0 Å². The van der Waals surface area contributed by atoms with Crippen LogP contribution in [0.5, 0.6) is 0 Å². The van der Waals surface area contributed by atoms with E-state index in [9.17, 15) is 14.7 Å². The molecule has 7 heteroatoms. The fourth-order valence-electron chi connectivity index (χ4n) is 3.33. The van der Waals surface area contributed by atoms with Gasteiger partial charge in [0.1, 0.15) is 0 Å². The number of anilines is 2. The van der Waals surface area contributed by atoms with Crippen LogP contribution in [0.1, 0.15) is 0 Å². The van der Waals surface area contributed by atoms with Crippen LogP contribution in [-0.4, -0.2) is 53.8 Å². The van der Waals surface area contributed by atoms with Gasteiger partial charge >= 0.3 is 11.8 Å². The summed E-state index contributed by atoms with van der Waals surface area (Å²) in [7, 11) is 0. The molecule has 2 amide bonds. The molecule has 0 radical (unpaired) electrons. The maximum Gasteiger partial charge on any atom is 0.304 e. The normalized spacial score (nSPS) is 20.7. The average Bonchev–Trinajstić information content (AvgIpc) is 2.92. The number of nitrogens with zero attached hydrogens (tertiary/aromatic N) is 3. The first kappa shape index (κ1) is 16.7. The first-order chi connectivity index (χ1) is 12.6. The molecule has 7 nitrogen and oxygen atoms in total. The molecule has 2 aromatic rings. The van der Waals surface area contributed by atoms with E-state index in [0.29, 0.717) is 37.7 Å². The van der Waals surface area contributed by atoms with Crippen molar-refractivity contribution in [3.05, 3.63) is 60.7 Å². The predicted octanol–water partition coefficient (Wildman–Crippen LogP) is 1.00. The van der Waals surface area contributed by atoms with E-state index in [1.165, 1.54) is 14.9 Å². The van der Waals surface area contributed by atoms with E-state index in [-0.39, 0.29) is 0 Å². The highest BCUT2D eigenvalue weighted by molar-refractivity contribution is 6.28. The molecule has 0 unspecified atom stereocenters. The minimum atomic E-state index is -2.24. The van der Waals surface area contributed by atoms with Gasteiger partial charge in [-0.25, -0.2) is 10.0 Å². The predicted molar refractivity (Wildman–Crippen MR) is 95.2 cm³/mol. The number of carbonyl (C=O) groups is 2. The zero-order valence-electron chi connectivity index (χ0n) is 14.1. The molecule has 0 saturated carbocycles. The molecule has 0 aromatic heterocycles. The molecule has 2 aliphatic rings. The Hall–Kier alpha value is -2.74. The van der Waals surface area contributed by atoms with Crippen molar-refractivity contribution in [2.75, 3.05) is 36.3 Å². The van der Waals surface area contributed by atoms with Gasteiger partial charge in [-0.2, -0.15) is 0 Å². The largest absolute Gasteiger partial charge is 0.379 e. The summed E-state index contributed by atoms with van der Waals surface area (Å²) in [5.74, 6) is -1.36. The standard InChI is InChI=1S/C19H19N3O4/c23-17-19(25,20-11-13-26-14-12-20)18(24)22(16-9-5-2-6-10-16)21(17)15-7-3-1-4-8-15/h1-10,25H,11-14H2. The second-order valence-electron chi connectivity index (χ2n) is 6.18. The summed E-state index contributed by atoms with van der Waals surface area (Å²) in [6, 6.07) is 17.7. The molecule has 2 heterocycles. The lowest BCUT2D eigenvalue weighted by Gasteiger charge is -2.34. The van der Waals surface area contributed by atoms with E-state index in [1.54, 1.807) is 48.5 Å². The number of hydrazine groups is 1. The maximum atomic E-state index is 13.3. The van der Waals surface area contributed by atoms with E-state index < -0.39 is 17.5 Å². The number of rotatable bonds is 3. The smallest absolute Gasteiger partial charge is 0.304 e. The monoisotopic (exact) mass is 353 g/mol. The Balaban J connectivity index is 1.82. The Labute approximate surface area is 151 Å². The summed E-state index contributed by atoms with van der Waals surface area (Å²) in [6.45, 7) is 1.33. The molecular weight excluding hydrogens is 334 g/mol. The quantitative estimate of drug-likeness (QED) is 0.834. The lowest BCUT2D eigenvalue weighted by Crippen LogP contribution is -2.61. The van der Waals surface area contributed by atoms with Crippen molar-refractivity contribution < 1.29 is 19.4 Å². The van der Waals surface area contributed by atoms with Gasteiger partial charge in [0.15, 0.2) is 0 Å². The zero-order chi connectivity index (χ0) is 18.1. The molecule has 0 bridgehead atoms. The van der Waals surface area contributed by atoms with E-state index in [1.807, 2.05) is 12.1 Å². The summed E-state index contributed by atoms with van der Waals surface area (Å²) in [6.07, 6.45) is 0. The highest BCUT2D eigenvalue weighted by Crippen LogP contribution is 2.35. The number of amides is 2. The van der Waals surface area contributed by atoms with Crippen molar-refractivity contribution in [1.82, 2.24) is 4.90 Å². The van der Waals surface area contributed by atoms with Gasteiger partial charge < -0.3 is 9.84 Å². The minimum absolute atomic E-state index is 0.305. The Morgan fingerprint density at radius 2 is 1.19 bits per heavy atom. The molecule has 0 spiro atoms. The molecule has 1 N–H and O–H groups in total. The molecule has 0 aliphatic carbocycles. The van der Waals surface area contributed by atoms with Crippen LogP contribution in [0.3, 0.4) is 0 Å². The van der Waals surface area contributed by atoms with Gasteiger partial charge in [-0.05, 0) is 24.3 Å². The zero-order valence-corrected chi connectivity index (χ0v) is 14.1. The third-order valence-electron chi connectivity index (χ3n) is 4.65. The Morgan fingerprint density at radius 1 is 0.769 bits per heavy atom. The van der Waals surface area contributed by atoms with Crippen LogP contribution in [-0.2, 0) is 14.3 Å². The minimum Gasteiger partial charge on any atom is -0.379 e. The number of benzene rings is 2. The van der Waals surface area contributed by atoms with E-state index in [2.05, 4.69) is 0 Å². The van der Waals surface area contributed by atoms with E-state index in [4.69, 9.17) is 4.74 Å². The van der Waals surface area contributed by atoms with Crippen molar-refractivity contribution >= 4 is 23.2 Å². The highest BCUT2D eigenvalue weighted by atomic mass is 16.5. The summed E-state index contributed by atoms with van der Waals surface area (Å²) in [4.78, 5) is 28.0. The lowest BCUT2D eigenvalue weighted by molar-refractivity contribution is -0.172. The lowest BCUT2D eigenvalue weighted by atomic mass is 10.1. The topological polar surface area (TPSA) is 73.3 Å². The number of hydrogen-bond donors (Lipinski definition) is 1. The summed E-state index contributed by atoms with van der Waals surface area (Å²) < 4.78 is 5.30. The Morgan fingerprint density at radius 3 is 1.62 bits per heavy atom. The Kier molecular flexibility index (Phi) is 4.20. The van der Waals surface area contributed by atoms with Gasteiger partial charge in [0.2, 0.25) is 0 Å². The van der Waals surface area contributed by atoms with Crippen LogP contribution in [0.4, 0.5) is 11.4 Å². The van der Waals surface area contributed by atoms with Crippen molar-refractivity contribution in [1.29, 1.82) is 0 Å². The number of para-hydroxylation sites is 2. The van der Waals surface area contributed by atoms with Gasteiger partial charge in [-0.3, -0.25) is 14.5 Å². The number of morpholine rings is 1. The number of ether oxygens (including phenoxy) is 1. The molecule has 2 saturated heterocycles. The van der Waals surface area contributed by atoms with Gasteiger partial charge in [0, 0.05) is 13.1 Å². The molecular formula is C19H19N3O4. The fourth-order valence-corrected chi connectivity index (χ4v) is 3.33. The van der Waals surface area contributed by atoms with Gasteiger partial charge in [0.25, 0.3) is 5.72 Å². The maximum absolute atomic E-state index is 13.3.